The molecular weight excluding hydrogens is 439 g/mol. The van der Waals surface area contributed by atoms with Crippen LogP contribution in [0.3, 0.4) is 0 Å². The van der Waals surface area contributed by atoms with Crippen molar-refractivity contribution in [2.75, 3.05) is 19.8 Å². The van der Waals surface area contributed by atoms with Crippen molar-refractivity contribution < 1.29 is 32.8 Å². The van der Waals surface area contributed by atoms with E-state index in [2.05, 4.69) is 34.6 Å². The van der Waals surface area contributed by atoms with Gasteiger partial charge < -0.3 is 28.4 Å². The van der Waals surface area contributed by atoms with Gasteiger partial charge in [0.2, 0.25) is 0 Å². The number of rotatable bonds is 10. The van der Waals surface area contributed by atoms with Crippen LogP contribution in [0.4, 0.5) is 4.39 Å². The van der Waals surface area contributed by atoms with E-state index >= 15 is 0 Å². The summed E-state index contributed by atoms with van der Waals surface area (Å²) in [6, 6.07) is 0. The smallest absolute Gasteiger partial charge is 0.134 e. The van der Waals surface area contributed by atoms with Crippen LogP contribution < -0.4 is 0 Å². The van der Waals surface area contributed by atoms with Crippen LogP contribution in [0.1, 0.15) is 82.1 Å². The van der Waals surface area contributed by atoms with Crippen molar-refractivity contribution >= 4 is 0 Å². The van der Waals surface area contributed by atoms with Crippen LogP contribution in [0.5, 0.6) is 0 Å². The molecule has 0 aromatic rings. The molecule has 1 aliphatic carbocycles. The molecule has 2 heterocycles. The fourth-order valence-electron chi connectivity index (χ4n) is 5.07. The van der Waals surface area contributed by atoms with E-state index in [1.807, 2.05) is 34.6 Å². The summed E-state index contributed by atoms with van der Waals surface area (Å²) in [5.74, 6) is 0.433. The minimum Gasteiger partial charge on any atom is -0.376 e. The summed E-state index contributed by atoms with van der Waals surface area (Å²) in [5, 5.41) is 0. The van der Waals surface area contributed by atoms with E-state index in [-0.39, 0.29) is 48.1 Å². The van der Waals surface area contributed by atoms with Gasteiger partial charge in [-0.05, 0) is 75.2 Å². The maximum Gasteiger partial charge on any atom is 0.134 e. The Bertz CT molecular complexity index is 585. The van der Waals surface area contributed by atoms with Gasteiger partial charge in [0.25, 0.3) is 0 Å². The predicted octanol–water partition coefficient (Wildman–Crippen LogP) is 5.35. The highest BCUT2D eigenvalue weighted by Crippen LogP contribution is 2.50. The summed E-state index contributed by atoms with van der Waals surface area (Å²) in [6.45, 7) is 21.6. The van der Waals surface area contributed by atoms with Crippen LogP contribution in [-0.2, 0) is 28.4 Å². The second-order valence-electron chi connectivity index (χ2n) is 11.4. The molecule has 0 amide bonds. The molecule has 0 N–H and O–H groups in total. The van der Waals surface area contributed by atoms with Gasteiger partial charge in [-0.2, -0.15) is 0 Å². The maximum absolute atomic E-state index is 14.1. The molecule has 0 aromatic carbocycles. The molecule has 2 saturated heterocycles. The third-order valence-electron chi connectivity index (χ3n) is 6.73. The fourth-order valence-corrected chi connectivity index (χ4v) is 5.07. The Morgan fingerprint density at radius 1 is 0.882 bits per heavy atom. The summed E-state index contributed by atoms with van der Waals surface area (Å²) >= 11 is 0. The first kappa shape index (κ1) is 29.9. The summed E-state index contributed by atoms with van der Waals surface area (Å²) in [4.78, 5) is 0. The highest BCUT2D eigenvalue weighted by Gasteiger charge is 2.59. The SMILES string of the molecule is CC(C)OC[C@@]12CC[C@@H]([C@H](C)O1)[C@@H]2OC(C)C.CC(C)OC[C@H]1OC[C@@H](C)[C@H](F)[C@@H]1OC(C)C. The van der Waals surface area contributed by atoms with Gasteiger partial charge in [-0.3, -0.25) is 0 Å². The van der Waals surface area contributed by atoms with Crippen LogP contribution in [0, 0.1) is 11.8 Å². The summed E-state index contributed by atoms with van der Waals surface area (Å²) in [7, 11) is 0. The monoisotopic (exact) mass is 490 g/mol. The second kappa shape index (κ2) is 13.3. The number of fused-ring (bicyclic) bond motifs is 2. The van der Waals surface area contributed by atoms with E-state index in [0.717, 1.165) is 6.42 Å². The molecule has 2 bridgehead atoms. The zero-order chi connectivity index (χ0) is 25.6. The Hall–Kier alpha value is -0.310. The first-order valence-electron chi connectivity index (χ1n) is 13.3. The normalized spacial score (nSPS) is 37.7. The number of ether oxygens (including phenoxy) is 6. The largest absolute Gasteiger partial charge is 0.376 e. The molecule has 0 spiro atoms. The van der Waals surface area contributed by atoms with Gasteiger partial charge in [-0.15, -0.1) is 0 Å². The Morgan fingerprint density at radius 3 is 2.03 bits per heavy atom. The zero-order valence-electron chi connectivity index (χ0n) is 23.2. The van der Waals surface area contributed by atoms with Gasteiger partial charge in [0.05, 0.1) is 56.4 Å². The van der Waals surface area contributed by atoms with Crippen molar-refractivity contribution in [3.63, 3.8) is 0 Å². The molecule has 3 aliphatic rings. The average molecular weight is 491 g/mol. The zero-order valence-corrected chi connectivity index (χ0v) is 23.2. The minimum absolute atomic E-state index is 0.00583. The average Bonchev–Trinajstić information content (AvgIpc) is 3.19. The van der Waals surface area contributed by atoms with Crippen LogP contribution in [0.2, 0.25) is 0 Å². The van der Waals surface area contributed by atoms with Gasteiger partial charge in [0.15, 0.2) is 0 Å². The second-order valence-corrected chi connectivity index (χ2v) is 11.4. The molecule has 202 valence electrons. The van der Waals surface area contributed by atoms with Gasteiger partial charge >= 0.3 is 0 Å². The lowest BCUT2D eigenvalue weighted by Crippen LogP contribution is -2.51. The van der Waals surface area contributed by atoms with Crippen molar-refractivity contribution in [3.05, 3.63) is 0 Å². The third kappa shape index (κ3) is 8.10. The van der Waals surface area contributed by atoms with E-state index in [1.165, 1.54) is 6.42 Å². The molecule has 0 unspecified atom stereocenters. The van der Waals surface area contributed by atoms with Crippen LogP contribution in [0.15, 0.2) is 0 Å². The third-order valence-corrected chi connectivity index (χ3v) is 6.73. The van der Waals surface area contributed by atoms with Crippen molar-refractivity contribution in [1.82, 2.24) is 0 Å². The number of hydrogen-bond donors (Lipinski definition) is 0. The molecule has 0 radical (unpaired) electrons. The lowest BCUT2D eigenvalue weighted by Gasteiger charge is -2.38. The Labute approximate surface area is 207 Å². The maximum atomic E-state index is 14.1. The first-order chi connectivity index (χ1) is 15.9. The molecule has 1 saturated carbocycles. The minimum atomic E-state index is -0.980. The standard InChI is InChI=1S/C14H26O3.C13H25FO3/c1-9(2)15-8-14-7-6-12(11(5)17-14)13(14)16-10(3)4;1-8(2)15-7-11-13(17-9(3)4)12(14)10(5)6-16-11/h9-13H,6-8H2,1-5H3;8-13H,6-7H2,1-5H3/t11-,12-,13-,14+;10-,11-,12+,13-/m01/s1. The molecule has 7 heteroatoms. The highest BCUT2D eigenvalue weighted by atomic mass is 19.1. The molecule has 2 aliphatic heterocycles. The molecular formula is C27H51FO6. The molecule has 34 heavy (non-hydrogen) atoms. The quantitative estimate of drug-likeness (QED) is 0.411. The summed E-state index contributed by atoms with van der Waals surface area (Å²) in [5.41, 5.74) is -0.182. The van der Waals surface area contributed by atoms with Crippen LogP contribution in [-0.4, -0.2) is 80.4 Å². The Kier molecular flexibility index (Phi) is 11.7. The molecule has 3 rings (SSSR count). The summed E-state index contributed by atoms with van der Waals surface area (Å²) < 4.78 is 49.0. The first-order valence-corrected chi connectivity index (χ1v) is 13.3. The van der Waals surface area contributed by atoms with Crippen LogP contribution >= 0.6 is 0 Å². The van der Waals surface area contributed by atoms with E-state index in [4.69, 9.17) is 28.4 Å². The van der Waals surface area contributed by atoms with Crippen molar-refractivity contribution in [2.45, 2.75) is 143 Å². The predicted molar refractivity (Wildman–Crippen MR) is 132 cm³/mol. The Morgan fingerprint density at radius 2 is 1.50 bits per heavy atom. The van der Waals surface area contributed by atoms with Crippen LogP contribution in [0.25, 0.3) is 0 Å². The highest BCUT2D eigenvalue weighted by molar-refractivity contribution is 5.08. The van der Waals surface area contributed by atoms with E-state index in [0.29, 0.717) is 31.8 Å². The van der Waals surface area contributed by atoms with Gasteiger partial charge in [-0.25, -0.2) is 4.39 Å². The van der Waals surface area contributed by atoms with Crippen molar-refractivity contribution in [1.29, 1.82) is 0 Å². The molecule has 3 fully saturated rings. The van der Waals surface area contributed by atoms with Crippen molar-refractivity contribution in [3.8, 4) is 0 Å². The number of alkyl halides is 1. The molecule has 6 nitrogen and oxygen atoms in total. The fraction of sp³-hybridized carbons (Fsp3) is 1.00. The van der Waals surface area contributed by atoms with Crippen molar-refractivity contribution in [2.24, 2.45) is 11.8 Å². The number of hydrogen-bond acceptors (Lipinski definition) is 6. The topological polar surface area (TPSA) is 55.4 Å². The molecule has 0 aromatic heterocycles. The molecule has 8 atom stereocenters. The van der Waals surface area contributed by atoms with E-state index in [1.54, 1.807) is 0 Å². The van der Waals surface area contributed by atoms with E-state index < -0.39 is 12.3 Å². The summed E-state index contributed by atoms with van der Waals surface area (Å²) in [6.07, 6.45) is 1.64. The number of halogens is 1. The Balaban J connectivity index is 0.000000240. The van der Waals surface area contributed by atoms with Gasteiger partial charge in [0, 0.05) is 11.8 Å². The van der Waals surface area contributed by atoms with E-state index in [9.17, 15) is 4.39 Å². The van der Waals surface area contributed by atoms with Gasteiger partial charge in [-0.1, -0.05) is 6.92 Å². The lowest BCUT2D eigenvalue weighted by atomic mass is 9.95. The van der Waals surface area contributed by atoms with Gasteiger partial charge in [0.1, 0.15) is 24.0 Å². The lowest BCUT2D eigenvalue weighted by molar-refractivity contribution is -0.191.